The van der Waals surface area contributed by atoms with E-state index in [1.54, 1.807) is 0 Å². The van der Waals surface area contributed by atoms with Crippen LogP contribution in [0.1, 0.15) is 38.4 Å². The maximum Gasteiger partial charge on any atom is 0.230 e. The van der Waals surface area contributed by atoms with Crippen molar-refractivity contribution in [2.75, 3.05) is 5.75 Å². The molecule has 3 rings (SSSR count). The van der Waals surface area contributed by atoms with Gasteiger partial charge in [-0.3, -0.25) is 9.89 Å². The van der Waals surface area contributed by atoms with Crippen LogP contribution in [0.25, 0.3) is 0 Å². The summed E-state index contributed by atoms with van der Waals surface area (Å²) in [6, 6.07) is 0.421. The minimum Gasteiger partial charge on any atom is -0.352 e. The molecule has 19 heavy (non-hydrogen) atoms. The third kappa shape index (κ3) is 2.94. The topological polar surface area (TPSA) is 70.7 Å². The second kappa shape index (κ2) is 5.53. The first-order valence-electron chi connectivity index (χ1n) is 7.08. The van der Waals surface area contributed by atoms with Crippen molar-refractivity contribution in [3.63, 3.8) is 0 Å². The molecule has 6 heteroatoms. The summed E-state index contributed by atoms with van der Waals surface area (Å²) in [6.45, 7) is 2.02. The molecule has 3 atom stereocenters. The second-order valence-corrected chi connectivity index (χ2v) is 6.50. The molecule has 5 nitrogen and oxygen atoms in total. The van der Waals surface area contributed by atoms with Crippen LogP contribution >= 0.6 is 11.8 Å². The van der Waals surface area contributed by atoms with Gasteiger partial charge in [-0.25, -0.2) is 4.98 Å². The zero-order valence-corrected chi connectivity index (χ0v) is 12.0. The Kier molecular flexibility index (Phi) is 3.77. The fourth-order valence-electron chi connectivity index (χ4n) is 3.30. The molecule has 1 heterocycles. The van der Waals surface area contributed by atoms with E-state index >= 15 is 0 Å². The van der Waals surface area contributed by atoms with Crippen molar-refractivity contribution < 1.29 is 4.79 Å². The molecule has 2 N–H and O–H groups in total. The Labute approximate surface area is 117 Å². The SMILES string of the molecule is CCc1nc(SCC(=O)N[C@H]2C[C@H]3CC[C@@H]2C3)n[nH]1. The van der Waals surface area contributed by atoms with Crippen molar-refractivity contribution in [2.24, 2.45) is 11.8 Å². The number of aryl methyl sites for hydroxylation is 1. The maximum atomic E-state index is 11.9. The summed E-state index contributed by atoms with van der Waals surface area (Å²) in [4.78, 5) is 16.2. The van der Waals surface area contributed by atoms with Gasteiger partial charge in [0, 0.05) is 12.5 Å². The summed E-state index contributed by atoms with van der Waals surface area (Å²) in [5.74, 6) is 2.99. The first kappa shape index (κ1) is 13.0. The van der Waals surface area contributed by atoms with Crippen LogP contribution in [-0.2, 0) is 11.2 Å². The third-order valence-corrected chi connectivity index (χ3v) is 5.11. The predicted molar refractivity (Wildman–Crippen MR) is 73.9 cm³/mol. The van der Waals surface area contributed by atoms with Gasteiger partial charge in [-0.2, -0.15) is 0 Å². The highest BCUT2D eigenvalue weighted by atomic mass is 32.2. The van der Waals surface area contributed by atoms with Gasteiger partial charge in [-0.05, 0) is 31.1 Å². The van der Waals surface area contributed by atoms with Crippen molar-refractivity contribution in [1.29, 1.82) is 0 Å². The number of aromatic amines is 1. The zero-order valence-electron chi connectivity index (χ0n) is 11.2. The highest BCUT2D eigenvalue weighted by molar-refractivity contribution is 7.99. The molecule has 2 aliphatic rings. The van der Waals surface area contributed by atoms with E-state index in [4.69, 9.17) is 0 Å². The molecule has 0 unspecified atom stereocenters. The van der Waals surface area contributed by atoms with Crippen molar-refractivity contribution in [3.8, 4) is 0 Å². The molecule has 104 valence electrons. The molecule has 2 aliphatic carbocycles. The fourth-order valence-corrected chi connectivity index (χ4v) is 3.93. The van der Waals surface area contributed by atoms with Crippen LogP contribution in [0.4, 0.5) is 0 Å². The van der Waals surface area contributed by atoms with Crippen molar-refractivity contribution in [2.45, 2.75) is 50.2 Å². The number of fused-ring (bicyclic) bond motifs is 2. The van der Waals surface area contributed by atoms with Crippen LogP contribution in [0, 0.1) is 11.8 Å². The largest absolute Gasteiger partial charge is 0.352 e. The lowest BCUT2D eigenvalue weighted by Crippen LogP contribution is -2.39. The Hall–Kier alpha value is -1.04. The lowest BCUT2D eigenvalue weighted by molar-refractivity contribution is -0.119. The predicted octanol–water partition coefficient (Wildman–Crippen LogP) is 1.76. The first-order chi connectivity index (χ1) is 9.24. The number of nitrogens with zero attached hydrogens (tertiary/aromatic N) is 2. The minimum absolute atomic E-state index is 0.116. The number of amides is 1. The number of carbonyl (C=O) groups is 1. The van der Waals surface area contributed by atoms with Gasteiger partial charge >= 0.3 is 0 Å². The van der Waals surface area contributed by atoms with Crippen molar-refractivity contribution >= 4 is 17.7 Å². The number of H-pyrrole nitrogens is 1. The van der Waals surface area contributed by atoms with E-state index in [2.05, 4.69) is 20.5 Å². The zero-order chi connectivity index (χ0) is 13.2. The highest BCUT2D eigenvalue weighted by Gasteiger charge is 2.39. The molecule has 1 amide bonds. The summed E-state index contributed by atoms with van der Waals surface area (Å²) in [5.41, 5.74) is 0. The van der Waals surface area contributed by atoms with Gasteiger partial charge in [0.05, 0.1) is 5.75 Å². The van der Waals surface area contributed by atoms with E-state index in [1.807, 2.05) is 6.92 Å². The van der Waals surface area contributed by atoms with E-state index in [0.29, 0.717) is 17.0 Å². The monoisotopic (exact) mass is 280 g/mol. The van der Waals surface area contributed by atoms with Gasteiger partial charge in [0.25, 0.3) is 0 Å². The first-order valence-corrected chi connectivity index (χ1v) is 8.06. The van der Waals surface area contributed by atoms with Crippen LogP contribution in [0.5, 0.6) is 0 Å². The lowest BCUT2D eigenvalue weighted by atomic mass is 9.95. The van der Waals surface area contributed by atoms with Gasteiger partial charge in [-0.15, -0.1) is 5.10 Å². The molecule has 0 spiro atoms. The van der Waals surface area contributed by atoms with E-state index in [-0.39, 0.29) is 5.91 Å². The van der Waals surface area contributed by atoms with Crippen LogP contribution in [0.2, 0.25) is 0 Å². The van der Waals surface area contributed by atoms with Gasteiger partial charge in [0.15, 0.2) is 0 Å². The molecule has 1 aromatic heterocycles. The lowest BCUT2D eigenvalue weighted by Gasteiger charge is -2.22. The number of aromatic nitrogens is 3. The molecular weight excluding hydrogens is 260 g/mol. The summed E-state index contributed by atoms with van der Waals surface area (Å²) in [7, 11) is 0. The Balaban J connectivity index is 1.44. The summed E-state index contributed by atoms with van der Waals surface area (Å²) in [5, 5.41) is 10.8. The summed E-state index contributed by atoms with van der Waals surface area (Å²) < 4.78 is 0. The fraction of sp³-hybridized carbons (Fsp3) is 0.769. The van der Waals surface area contributed by atoms with E-state index in [1.165, 1.54) is 37.4 Å². The standard InChI is InChI=1S/C13H20N4OS/c1-2-11-15-13(17-16-11)19-7-12(18)14-10-6-8-3-4-9(10)5-8/h8-10H,2-7H2,1H3,(H,14,18)(H,15,16,17)/t8-,9+,10-/m0/s1. The molecule has 0 saturated heterocycles. The summed E-state index contributed by atoms with van der Waals surface area (Å²) in [6.07, 6.45) is 6.00. The molecule has 2 fully saturated rings. The average molecular weight is 280 g/mol. The minimum atomic E-state index is 0.116. The smallest absolute Gasteiger partial charge is 0.230 e. The number of hydrogen-bond donors (Lipinski definition) is 2. The van der Waals surface area contributed by atoms with Crippen LogP contribution in [0.15, 0.2) is 5.16 Å². The van der Waals surface area contributed by atoms with Crippen LogP contribution < -0.4 is 5.32 Å². The number of carbonyl (C=O) groups excluding carboxylic acids is 1. The molecule has 0 aromatic carbocycles. The van der Waals surface area contributed by atoms with Crippen molar-refractivity contribution in [3.05, 3.63) is 5.82 Å². The van der Waals surface area contributed by atoms with Gasteiger partial charge in [0.2, 0.25) is 11.1 Å². The highest BCUT2D eigenvalue weighted by Crippen LogP contribution is 2.44. The van der Waals surface area contributed by atoms with Crippen LogP contribution in [0.3, 0.4) is 0 Å². The molecule has 1 aromatic rings. The molecule has 2 bridgehead atoms. The Morgan fingerprint density at radius 2 is 2.37 bits per heavy atom. The normalized spacial score (nSPS) is 28.8. The molecule has 0 radical (unpaired) electrons. The van der Waals surface area contributed by atoms with E-state index in [9.17, 15) is 4.79 Å². The van der Waals surface area contributed by atoms with Gasteiger partial charge < -0.3 is 5.32 Å². The second-order valence-electron chi connectivity index (χ2n) is 5.56. The number of nitrogens with one attached hydrogen (secondary N) is 2. The number of hydrogen-bond acceptors (Lipinski definition) is 4. The Bertz CT molecular complexity index is 461. The van der Waals surface area contributed by atoms with Gasteiger partial charge in [-0.1, -0.05) is 25.1 Å². The molecule has 2 saturated carbocycles. The molecular formula is C13H20N4OS. The maximum absolute atomic E-state index is 11.9. The third-order valence-electron chi connectivity index (χ3n) is 4.26. The van der Waals surface area contributed by atoms with Crippen LogP contribution in [-0.4, -0.2) is 32.9 Å². The van der Waals surface area contributed by atoms with Gasteiger partial charge in [0.1, 0.15) is 5.82 Å². The number of rotatable bonds is 5. The number of thioether (sulfide) groups is 1. The Morgan fingerprint density at radius 3 is 3.00 bits per heavy atom. The van der Waals surface area contributed by atoms with E-state index < -0.39 is 0 Å². The Morgan fingerprint density at radius 1 is 1.47 bits per heavy atom. The average Bonchev–Trinajstić information content (AvgIpc) is 3.12. The summed E-state index contributed by atoms with van der Waals surface area (Å²) >= 11 is 1.40. The van der Waals surface area contributed by atoms with E-state index in [0.717, 1.165) is 24.1 Å². The quantitative estimate of drug-likeness (QED) is 0.806. The molecule has 0 aliphatic heterocycles. The van der Waals surface area contributed by atoms with Crippen molar-refractivity contribution in [1.82, 2.24) is 20.5 Å².